The Kier molecular flexibility index (Phi) is 4.47. The Bertz CT molecular complexity index is 343. The van der Waals surface area contributed by atoms with Gasteiger partial charge in [0.2, 0.25) is 0 Å². The van der Waals surface area contributed by atoms with Crippen molar-refractivity contribution in [1.29, 1.82) is 0 Å². The molecule has 16 heavy (non-hydrogen) atoms. The molecule has 1 rings (SSSR count). The molecule has 1 aromatic rings. The van der Waals surface area contributed by atoms with Crippen molar-refractivity contribution in [2.75, 3.05) is 6.54 Å². The van der Waals surface area contributed by atoms with Gasteiger partial charge in [0.05, 0.1) is 5.56 Å². The van der Waals surface area contributed by atoms with Gasteiger partial charge >= 0.3 is 0 Å². The molecule has 0 aromatic carbocycles. The zero-order valence-corrected chi connectivity index (χ0v) is 10.5. The van der Waals surface area contributed by atoms with Crippen LogP contribution in [0.5, 0.6) is 0 Å². The van der Waals surface area contributed by atoms with E-state index in [2.05, 4.69) is 11.9 Å². The van der Waals surface area contributed by atoms with Crippen LogP contribution in [0.25, 0.3) is 0 Å². The fourth-order valence-corrected chi connectivity index (χ4v) is 1.60. The van der Waals surface area contributed by atoms with Crippen LogP contribution in [0, 0.1) is 6.92 Å². The Morgan fingerprint density at radius 3 is 2.56 bits per heavy atom. The summed E-state index contributed by atoms with van der Waals surface area (Å²) in [6, 6.07) is 3.95. The summed E-state index contributed by atoms with van der Waals surface area (Å²) in [4.78, 5) is 18.2. The molecule has 3 heteroatoms. The van der Waals surface area contributed by atoms with Crippen molar-refractivity contribution >= 4 is 5.91 Å². The molecule has 1 aromatic heterocycles. The van der Waals surface area contributed by atoms with E-state index in [1.54, 1.807) is 6.20 Å². The van der Waals surface area contributed by atoms with Crippen molar-refractivity contribution in [3.63, 3.8) is 0 Å². The first-order valence-electron chi connectivity index (χ1n) is 5.80. The monoisotopic (exact) mass is 220 g/mol. The molecule has 1 amide bonds. The lowest BCUT2D eigenvalue weighted by molar-refractivity contribution is 0.0705. The summed E-state index contributed by atoms with van der Waals surface area (Å²) in [7, 11) is 0. The second-order valence-corrected chi connectivity index (χ2v) is 4.28. The van der Waals surface area contributed by atoms with Gasteiger partial charge in [0.25, 0.3) is 5.91 Å². The fourth-order valence-electron chi connectivity index (χ4n) is 1.60. The Morgan fingerprint density at radius 1 is 1.44 bits per heavy atom. The molecule has 0 N–H and O–H groups in total. The van der Waals surface area contributed by atoms with Crippen LogP contribution in [0.2, 0.25) is 0 Å². The summed E-state index contributed by atoms with van der Waals surface area (Å²) >= 11 is 0. The first kappa shape index (κ1) is 12.7. The van der Waals surface area contributed by atoms with E-state index in [0.29, 0.717) is 5.56 Å². The molecular weight excluding hydrogens is 200 g/mol. The predicted octanol–water partition coefficient (Wildman–Crippen LogP) is 2.65. The van der Waals surface area contributed by atoms with E-state index in [-0.39, 0.29) is 11.9 Å². The Labute approximate surface area is 97.5 Å². The van der Waals surface area contributed by atoms with Crippen molar-refractivity contribution in [3.8, 4) is 0 Å². The van der Waals surface area contributed by atoms with Gasteiger partial charge in [-0.25, -0.2) is 0 Å². The van der Waals surface area contributed by atoms with Crippen LogP contribution in [0.4, 0.5) is 0 Å². The first-order valence-corrected chi connectivity index (χ1v) is 5.80. The zero-order valence-electron chi connectivity index (χ0n) is 10.5. The van der Waals surface area contributed by atoms with Crippen LogP contribution in [0.15, 0.2) is 18.3 Å². The Morgan fingerprint density at radius 2 is 2.12 bits per heavy atom. The predicted molar refractivity (Wildman–Crippen MR) is 65.4 cm³/mol. The maximum absolute atomic E-state index is 12.2. The third-order valence-corrected chi connectivity index (χ3v) is 2.51. The van der Waals surface area contributed by atoms with Crippen LogP contribution in [0.1, 0.15) is 43.2 Å². The van der Waals surface area contributed by atoms with Gasteiger partial charge in [-0.05, 0) is 39.3 Å². The van der Waals surface area contributed by atoms with Crippen LogP contribution in [-0.4, -0.2) is 28.4 Å². The smallest absolute Gasteiger partial charge is 0.255 e. The zero-order chi connectivity index (χ0) is 12.1. The van der Waals surface area contributed by atoms with Gasteiger partial charge in [0, 0.05) is 24.5 Å². The molecule has 0 bridgehead atoms. The van der Waals surface area contributed by atoms with Crippen LogP contribution >= 0.6 is 0 Å². The highest BCUT2D eigenvalue weighted by Crippen LogP contribution is 2.08. The molecule has 88 valence electrons. The summed E-state index contributed by atoms with van der Waals surface area (Å²) in [6.45, 7) is 8.87. The van der Waals surface area contributed by atoms with E-state index in [4.69, 9.17) is 0 Å². The number of hydrogen-bond acceptors (Lipinski definition) is 2. The van der Waals surface area contributed by atoms with Gasteiger partial charge in [0.1, 0.15) is 0 Å². The molecule has 0 saturated heterocycles. The lowest BCUT2D eigenvalue weighted by Crippen LogP contribution is -2.37. The van der Waals surface area contributed by atoms with Crippen molar-refractivity contribution in [1.82, 2.24) is 9.88 Å². The maximum atomic E-state index is 12.2. The fraction of sp³-hybridized carbons (Fsp3) is 0.538. The molecule has 0 aliphatic heterocycles. The van der Waals surface area contributed by atoms with E-state index in [9.17, 15) is 4.79 Å². The molecule has 0 aliphatic carbocycles. The van der Waals surface area contributed by atoms with Crippen molar-refractivity contribution in [2.45, 2.75) is 40.2 Å². The molecule has 3 nitrogen and oxygen atoms in total. The van der Waals surface area contributed by atoms with Gasteiger partial charge in [-0.3, -0.25) is 9.78 Å². The van der Waals surface area contributed by atoms with Crippen molar-refractivity contribution < 1.29 is 4.79 Å². The molecule has 0 fully saturated rings. The summed E-state index contributed by atoms with van der Waals surface area (Å²) < 4.78 is 0. The Balaban J connectivity index is 2.86. The average molecular weight is 220 g/mol. The quantitative estimate of drug-likeness (QED) is 0.781. The van der Waals surface area contributed by atoms with E-state index in [1.165, 1.54) is 0 Å². The summed E-state index contributed by atoms with van der Waals surface area (Å²) in [5.74, 6) is 0.0735. The maximum Gasteiger partial charge on any atom is 0.255 e. The van der Waals surface area contributed by atoms with E-state index in [1.807, 2.05) is 37.8 Å². The number of aromatic nitrogens is 1. The van der Waals surface area contributed by atoms with E-state index < -0.39 is 0 Å². The van der Waals surface area contributed by atoms with Crippen LogP contribution in [-0.2, 0) is 0 Å². The second kappa shape index (κ2) is 5.64. The molecular formula is C13H20N2O. The minimum atomic E-state index is 0.0735. The number of carbonyl (C=O) groups excluding carboxylic acids is 1. The molecule has 0 radical (unpaired) electrons. The standard InChI is InChI=1S/C13H20N2O/c1-5-8-15(10(2)3)13(16)12-7-6-11(4)14-9-12/h6-7,9-10H,5,8H2,1-4H3. The largest absolute Gasteiger partial charge is 0.336 e. The van der Waals surface area contributed by atoms with Crippen molar-refractivity contribution in [2.24, 2.45) is 0 Å². The normalized spacial score (nSPS) is 10.6. The van der Waals surface area contributed by atoms with Crippen molar-refractivity contribution in [3.05, 3.63) is 29.6 Å². The highest BCUT2D eigenvalue weighted by molar-refractivity contribution is 5.94. The van der Waals surface area contributed by atoms with Gasteiger partial charge in [0.15, 0.2) is 0 Å². The number of pyridine rings is 1. The molecule has 0 unspecified atom stereocenters. The number of amides is 1. The SMILES string of the molecule is CCCN(C(=O)c1ccc(C)nc1)C(C)C. The van der Waals surface area contributed by atoms with Crippen LogP contribution in [0.3, 0.4) is 0 Å². The third-order valence-electron chi connectivity index (χ3n) is 2.51. The topological polar surface area (TPSA) is 33.2 Å². The number of rotatable bonds is 4. The first-order chi connectivity index (χ1) is 7.56. The molecule has 0 saturated carbocycles. The van der Waals surface area contributed by atoms with E-state index >= 15 is 0 Å². The van der Waals surface area contributed by atoms with Gasteiger partial charge in [-0.15, -0.1) is 0 Å². The van der Waals surface area contributed by atoms with Gasteiger partial charge in [-0.1, -0.05) is 6.92 Å². The number of hydrogen-bond donors (Lipinski definition) is 0. The number of aryl methyl sites for hydroxylation is 1. The minimum Gasteiger partial charge on any atom is -0.336 e. The van der Waals surface area contributed by atoms with E-state index in [0.717, 1.165) is 18.7 Å². The summed E-state index contributed by atoms with van der Waals surface area (Å²) in [5.41, 5.74) is 1.61. The van der Waals surface area contributed by atoms with Crippen LogP contribution < -0.4 is 0 Å². The highest BCUT2D eigenvalue weighted by atomic mass is 16.2. The number of carbonyl (C=O) groups is 1. The molecule has 0 spiro atoms. The lowest BCUT2D eigenvalue weighted by Gasteiger charge is -2.26. The lowest BCUT2D eigenvalue weighted by atomic mass is 10.2. The molecule has 1 heterocycles. The highest BCUT2D eigenvalue weighted by Gasteiger charge is 2.17. The number of nitrogens with zero attached hydrogens (tertiary/aromatic N) is 2. The average Bonchev–Trinajstić information content (AvgIpc) is 2.25. The summed E-state index contributed by atoms with van der Waals surface area (Å²) in [5, 5.41) is 0. The van der Waals surface area contributed by atoms with Gasteiger partial charge < -0.3 is 4.90 Å². The third kappa shape index (κ3) is 3.05. The minimum absolute atomic E-state index is 0.0735. The summed E-state index contributed by atoms with van der Waals surface area (Å²) in [6.07, 6.45) is 2.63. The molecule has 0 atom stereocenters. The molecule has 0 aliphatic rings. The second-order valence-electron chi connectivity index (χ2n) is 4.28. The Hall–Kier alpha value is -1.38. The van der Waals surface area contributed by atoms with Gasteiger partial charge in [-0.2, -0.15) is 0 Å².